The third kappa shape index (κ3) is 3.68. The SMILES string of the molecule is CN(C)C(=O)Cn1cnc2ccc(-c3cc(-c4ccnn4C4CCOCC4)c4c(N)ncnn34)cc21. The van der Waals surface area contributed by atoms with E-state index in [9.17, 15) is 4.79 Å². The number of fused-ring (bicyclic) bond motifs is 2. The first-order valence-corrected chi connectivity index (χ1v) is 11.9. The van der Waals surface area contributed by atoms with E-state index in [0.717, 1.165) is 65.1 Å². The van der Waals surface area contributed by atoms with Gasteiger partial charge in [-0.05, 0) is 37.1 Å². The maximum absolute atomic E-state index is 12.3. The van der Waals surface area contributed by atoms with E-state index in [2.05, 4.69) is 30.9 Å². The van der Waals surface area contributed by atoms with E-state index in [-0.39, 0.29) is 18.5 Å². The Balaban J connectivity index is 1.49. The fourth-order valence-electron chi connectivity index (χ4n) is 4.85. The first-order valence-electron chi connectivity index (χ1n) is 11.9. The Morgan fingerprint density at radius 2 is 1.94 bits per heavy atom. The maximum atomic E-state index is 12.3. The number of imidazole rings is 1. The summed E-state index contributed by atoms with van der Waals surface area (Å²) in [6.45, 7) is 1.66. The lowest BCUT2D eigenvalue weighted by molar-refractivity contribution is -0.129. The van der Waals surface area contributed by atoms with Gasteiger partial charge in [-0.1, -0.05) is 6.07 Å². The Morgan fingerprint density at radius 1 is 1.11 bits per heavy atom. The number of ether oxygens (including phenoxy) is 1. The zero-order valence-electron chi connectivity index (χ0n) is 20.2. The van der Waals surface area contributed by atoms with Crippen LogP contribution in [0.25, 0.3) is 39.1 Å². The summed E-state index contributed by atoms with van der Waals surface area (Å²) in [4.78, 5) is 22.7. The van der Waals surface area contributed by atoms with Crippen LogP contribution >= 0.6 is 0 Å². The molecule has 4 aromatic heterocycles. The number of anilines is 1. The van der Waals surface area contributed by atoms with Crippen molar-refractivity contribution in [3.05, 3.63) is 49.2 Å². The molecule has 0 atom stereocenters. The summed E-state index contributed by atoms with van der Waals surface area (Å²) in [5.74, 6) is 0.394. The fraction of sp³-hybridized carbons (Fsp3) is 0.320. The zero-order valence-corrected chi connectivity index (χ0v) is 20.2. The van der Waals surface area contributed by atoms with Gasteiger partial charge in [0.05, 0.1) is 34.8 Å². The number of nitrogens with two attached hydrogens (primary N) is 1. The minimum Gasteiger partial charge on any atom is -0.382 e. The van der Waals surface area contributed by atoms with Crippen LogP contribution in [-0.2, 0) is 16.1 Å². The molecular weight excluding hydrogens is 458 g/mol. The van der Waals surface area contributed by atoms with Crippen molar-refractivity contribution in [1.29, 1.82) is 0 Å². The normalized spacial score (nSPS) is 14.6. The zero-order chi connectivity index (χ0) is 24.8. The molecule has 2 N–H and O–H groups in total. The molecule has 1 amide bonds. The van der Waals surface area contributed by atoms with Crippen LogP contribution in [0.3, 0.4) is 0 Å². The number of hydrogen-bond acceptors (Lipinski definition) is 7. The van der Waals surface area contributed by atoms with E-state index in [1.165, 1.54) is 6.33 Å². The highest BCUT2D eigenvalue weighted by Gasteiger charge is 2.24. The topological polar surface area (TPSA) is 121 Å². The number of carbonyl (C=O) groups excluding carboxylic acids is 1. The molecule has 0 saturated carbocycles. The van der Waals surface area contributed by atoms with Gasteiger partial charge in [-0.3, -0.25) is 9.48 Å². The van der Waals surface area contributed by atoms with Crippen LogP contribution in [0.15, 0.2) is 49.2 Å². The van der Waals surface area contributed by atoms with Crippen LogP contribution in [0.4, 0.5) is 5.82 Å². The summed E-state index contributed by atoms with van der Waals surface area (Å²) in [5.41, 5.74) is 12.5. The molecule has 11 nitrogen and oxygen atoms in total. The second-order valence-electron chi connectivity index (χ2n) is 9.22. The van der Waals surface area contributed by atoms with Crippen molar-refractivity contribution in [2.24, 2.45) is 0 Å². The van der Waals surface area contributed by atoms with Crippen molar-refractivity contribution in [3.63, 3.8) is 0 Å². The number of amides is 1. The number of hydrogen-bond donors (Lipinski definition) is 1. The van der Waals surface area contributed by atoms with Crippen molar-refractivity contribution >= 4 is 28.3 Å². The predicted octanol–water partition coefficient (Wildman–Crippen LogP) is 2.63. The smallest absolute Gasteiger partial charge is 0.242 e. The molecular formula is C25H27N9O2. The summed E-state index contributed by atoms with van der Waals surface area (Å²) in [6, 6.07) is 10.3. The molecule has 1 aliphatic rings. The molecule has 184 valence electrons. The van der Waals surface area contributed by atoms with Crippen LogP contribution in [0.5, 0.6) is 0 Å². The minimum atomic E-state index is -0.00276. The average Bonchev–Trinajstić information content (AvgIpc) is 3.62. The van der Waals surface area contributed by atoms with Gasteiger partial charge < -0.3 is 19.9 Å². The molecule has 5 aromatic rings. The molecule has 1 fully saturated rings. The first kappa shape index (κ1) is 22.2. The third-order valence-electron chi connectivity index (χ3n) is 6.79. The van der Waals surface area contributed by atoms with Crippen LogP contribution in [-0.4, -0.2) is 72.0 Å². The van der Waals surface area contributed by atoms with Gasteiger partial charge in [0.25, 0.3) is 0 Å². The second-order valence-corrected chi connectivity index (χ2v) is 9.22. The van der Waals surface area contributed by atoms with Crippen molar-refractivity contribution in [3.8, 4) is 22.5 Å². The number of benzene rings is 1. The molecule has 1 aromatic carbocycles. The highest BCUT2D eigenvalue weighted by Crippen LogP contribution is 2.37. The molecule has 1 saturated heterocycles. The molecule has 36 heavy (non-hydrogen) atoms. The van der Waals surface area contributed by atoms with E-state index in [1.54, 1.807) is 25.3 Å². The van der Waals surface area contributed by atoms with Crippen LogP contribution in [0.2, 0.25) is 0 Å². The van der Waals surface area contributed by atoms with E-state index < -0.39 is 0 Å². The summed E-state index contributed by atoms with van der Waals surface area (Å²) >= 11 is 0. The number of nitrogen functional groups attached to an aromatic ring is 1. The summed E-state index contributed by atoms with van der Waals surface area (Å²) in [7, 11) is 3.49. The van der Waals surface area contributed by atoms with Gasteiger partial charge in [0.2, 0.25) is 5.91 Å². The van der Waals surface area contributed by atoms with Crippen molar-refractivity contribution in [2.45, 2.75) is 25.4 Å². The standard InChI is InChI=1S/C25H27N9O2/c1-31(2)23(35)13-32-15-28-19-4-3-16(11-22(19)32)21-12-18(24-25(26)27-14-30-34(21)24)20-5-8-29-33(20)17-6-9-36-10-7-17/h3-5,8,11-12,14-15,17H,6-7,9-10,13H2,1-2H3,(H2,26,27,30). The monoisotopic (exact) mass is 485 g/mol. The highest BCUT2D eigenvalue weighted by atomic mass is 16.5. The predicted molar refractivity (Wildman–Crippen MR) is 135 cm³/mol. The van der Waals surface area contributed by atoms with Gasteiger partial charge >= 0.3 is 0 Å². The van der Waals surface area contributed by atoms with Gasteiger partial charge in [-0.15, -0.1) is 0 Å². The Morgan fingerprint density at radius 3 is 2.75 bits per heavy atom. The van der Waals surface area contributed by atoms with E-state index >= 15 is 0 Å². The molecule has 1 aliphatic heterocycles. The van der Waals surface area contributed by atoms with E-state index in [1.807, 2.05) is 39.5 Å². The number of rotatable bonds is 5. The van der Waals surface area contributed by atoms with E-state index in [4.69, 9.17) is 10.5 Å². The Labute approximate surface area is 207 Å². The van der Waals surface area contributed by atoms with Gasteiger partial charge in [0, 0.05) is 44.6 Å². The summed E-state index contributed by atoms with van der Waals surface area (Å²) < 4.78 is 11.3. The van der Waals surface area contributed by atoms with Gasteiger partial charge in [-0.2, -0.15) is 10.2 Å². The minimum absolute atomic E-state index is 0.00276. The molecule has 0 radical (unpaired) electrons. The molecule has 0 spiro atoms. The molecule has 0 bridgehead atoms. The van der Waals surface area contributed by atoms with Crippen molar-refractivity contribution in [1.82, 2.24) is 38.8 Å². The van der Waals surface area contributed by atoms with Crippen LogP contribution < -0.4 is 5.73 Å². The summed E-state index contributed by atoms with van der Waals surface area (Å²) in [6.07, 6.45) is 6.80. The lowest BCUT2D eigenvalue weighted by Gasteiger charge is -2.24. The Hall–Kier alpha value is -4.25. The summed E-state index contributed by atoms with van der Waals surface area (Å²) in [5, 5.41) is 9.19. The molecule has 0 unspecified atom stereocenters. The second kappa shape index (κ2) is 8.76. The quantitative estimate of drug-likeness (QED) is 0.406. The fourth-order valence-corrected chi connectivity index (χ4v) is 4.85. The number of nitrogens with zero attached hydrogens (tertiary/aromatic N) is 8. The Bertz CT molecular complexity index is 1570. The van der Waals surface area contributed by atoms with Crippen LogP contribution in [0, 0.1) is 0 Å². The van der Waals surface area contributed by atoms with Crippen molar-refractivity contribution in [2.75, 3.05) is 33.0 Å². The third-order valence-corrected chi connectivity index (χ3v) is 6.79. The molecule has 6 rings (SSSR count). The average molecular weight is 486 g/mol. The molecule has 11 heteroatoms. The lowest BCUT2D eigenvalue weighted by atomic mass is 10.1. The van der Waals surface area contributed by atoms with E-state index in [0.29, 0.717) is 5.82 Å². The number of likely N-dealkylation sites (N-methyl/N-ethyl adjacent to an activating group) is 1. The first-order chi connectivity index (χ1) is 17.5. The molecule has 5 heterocycles. The van der Waals surface area contributed by atoms with Gasteiger partial charge in [0.15, 0.2) is 5.82 Å². The number of carbonyl (C=O) groups is 1. The van der Waals surface area contributed by atoms with Gasteiger partial charge in [0.1, 0.15) is 18.4 Å². The Kier molecular flexibility index (Phi) is 5.41. The number of aromatic nitrogens is 7. The maximum Gasteiger partial charge on any atom is 0.242 e. The largest absolute Gasteiger partial charge is 0.382 e. The molecule has 0 aliphatic carbocycles. The van der Waals surface area contributed by atoms with Gasteiger partial charge in [-0.25, -0.2) is 14.5 Å². The van der Waals surface area contributed by atoms with Crippen LogP contribution in [0.1, 0.15) is 18.9 Å². The van der Waals surface area contributed by atoms with Crippen molar-refractivity contribution < 1.29 is 9.53 Å². The lowest BCUT2D eigenvalue weighted by Crippen LogP contribution is -2.25. The highest BCUT2D eigenvalue weighted by molar-refractivity contribution is 5.92.